The Morgan fingerprint density at radius 2 is 1.95 bits per heavy atom. The van der Waals surface area contributed by atoms with Gasteiger partial charge < -0.3 is 21.5 Å². The lowest BCUT2D eigenvalue weighted by atomic mass is 9.98. The Balaban J connectivity index is 2.25. The van der Waals surface area contributed by atoms with Gasteiger partial charge in [0.2, 0.25) is 11.8 Å². The zero-order chi connectivity index (χ0) is 14.8. The molecular weight excluding hydrogens is 258 g/mol. The van der Waals surface area contributed by atoms with Gasteiger partial charge in [0.05, 0.1) is 18.3 Å². The second-order valence-corrected chi connectivity index (χ2v) is 5.10. The predicted molar refractivity (Wildman–Crippen MR) is 75.5 cm³/mol. The maximum absolute atomic E-state index is 12.3. The first-order valence-corrected chi connectivity index (χ1v) is 6.54. The maximum atomic E-state index is 12.3. The highest BCUT2D eigenvalue weighted by Gasteiger charge is 2.37. The van der Waals surface area contributed by atoms with Crippen LogP contribution in [0.5, 0.6) is 5.75 Å². The highest BCUT2D eigenvalue weighted by Crippen LogP contribution is 2.31. The summed E-state index contributed by atoms with van der Waals surface area (Å²) >= 11 is 0. The monoisotopic (exact) mass is 277 g/mol. The van der Waals surface area contributed by atoms with Gasteiger partial charge in [0.25, 0.3) is 0 Å². The minimum Gasteiger partial charge on any atom is -0.495 e. The van der Waals surface area contributed by atoms with Crippen LogP contribution in [0, 0.1) is 0 Å². The number of carbonyl (C=O) groups excluding carboxylic acids is 2. The average molecular weight is 277 g/mol. The Hall–Kier alpha value is -2.08. The summed E-state index contributed by atoms with van der Waals surface area (Å²) in [6.45, 7) is 0. The summed E-state index contributed by atoms with van der Waals surface area (Å²) in [6.07, 6.45) is 3.22. The van der Waals surface area contributed by atoms with Gasteiger partial charge in [-0.2, -0.15) is 0 Å². The van der Waals surface area contributed by atoms with Gasteiger partial charge in [0.1, 0.15) is 5.75 Å². The van der Waals surface area contributed by atoms with Crippen molar-refractivity contribution in [3.05, 3.63) is 23.8 Å². The molecule has 0 heterocycles. The smallest absolute Gasteiger partial charge is 0.248 e. The third kappa shape index (κ3) is 2.75. The second kappa shape index (κ2) is 5.50. The summed E-state index contributed by atoms with van der Waals surface area (Å²) < 4.78 is 5.17. The van der Waals surface area contributed by atoms with E-state index < -0.39 is 11.4 Å². The topological polar surface area (TPSA) is 107 Å². The SMILES string of the molecule is COc1ccc(C(N)=O)cc1NC(=O)C1(N)CCCC1. The molecule has 1 aromatic carbocycles. The van der Waals surface area contributed by atoms with Gasteiger partial charge in [-0.3, -0.25) is 9.59 Å². The molecule has 2 amide bonds. The molecule has 1 aliphatic carbocycles. The van der Waals surface area contributed by atoms with E-state index in [4.69, 9.17) is 16.2 Å². The molecule has 0 aliphatic heterocycles. The summed E-state index contributed by atoms with van der Waals surface area (Å²) in [7, 11) is 1.49. The molecular formula is C14H19N3O3. The Bertz CT molecular complexity index is 536. The van der Waals surface area contributed by atoms with Crippen LogP contribution < -0.4 is 21.5 Å². The van der Waals surface area contributed by atoms with E-state index in [1.165, 1.54) is 13.2 Å². The lowest BCUT2D eigenvalue weighted by Gasteiger charge is -2.23. The molecule has 1 saturated carbocycles. The van der Waals surface area contributed by atoms with E-state index in [0.717, 1.165) is 12.8 Å². The van der Waals surface area contributed by atoms with Crippen LogP contribution in [0.3, 0.4) is 0 Å². The summed E-state index contributed by atoms with van der Waals surface area (Å²) in [4.78, 5) is 23.5. The van der Waals surface area contributed by atoms with Crippen LogP contribution in [0.2, 0.25) is 0 Å². The highest BCUT2D eigenvalue weighted by molar-refractivity contribution is 6.01. The minimum atomic E-state index is -0.840. The van der Waals surface area contributed by atoms with Crippen molar-refractivity contribution < 1.29 is 14.3 Å². The molecule has 6 heteroatoms. The van der Waals surface area contributed by atoms with Crippen molar-refractivity contribution >= 4 is 17.5 Å². The van der Waals surface area contributed by atoms with Gasteiger partial charge in [0, 0.05) is 5.56 Å². The first-order chi connectivity index (χ1) is 9.46. The molecule has 108 valence electrons. The zero-order valence-electron chi connectivity index (χ0n) is 11.4. The van der Waals surface area contributed by atoms with E-state index in [1.54, 1.807) is 12.1 Å². The van der Waals surface area contributed by atoms with Crippen molar-refractivity contribution in [1.29, 1.82) is 0 Å². The van der Waals surface area contributed by atoms with Crippen molar-refractivity contribution in [3.63, 3.8) is 0 Å². The molecule has 1 aliphatic rings. The van der Waals surface area contributed by atoms with E-state index in [-0.39, 0.29) is 5.91 Å². The quantitative estimate of drug-likeness (QED) is 0.763. The van der Waals surface area contributed by atoms with Gasteiger partial charge >= 0.3 is 0 Å². The number of methoxy groups -OCH3 is 1. The fraction of sp³-hybridized carbons (Fsp3) is 0.429. The van der Waals surface area contributed by atoms with Crippen LogP contribution in [0.4, 0.5) is 5.69 Å². The molecule has 0 bridgehead atoms. The van der Waals surface area contributed by atoms with Crippen molar-refractivity contribution in [1.82, 2.24) is 0 Å². The largest absolute Gasteiger partial charge is 0.495 e. The zero-order valence-corrected chi connectivity index (χ0v) is 11.4. The second-order valence-electron chi connectivity index (χ2n) is 5.10. The summed E-state index contributed by atoms with van der Waals surface area (Å²) in [5.41, 5.74) is 11.2. The number of rotatable bonds is 4. The molecule has 1 aromatic rings. The van der Waals surface area contributed by atoms with E-state index >= 15 is 0 Å². The molecule has 0 unspecified atom stereocenters. The van der Waals surface area contributed by atoms with Crippen LogP contribution in [-0.4, -0.2) is 24.5 Å². The Morgan fingerprint density at radius 3 is 2.50 bits per heavy atom. The number of anilines is 1. The number of nitrogens with one attached hydrogen (secondary N) is 1. The fourth-order valence-corrected chi connectivity index (χ4v) is 2.44. The van der Waals surface area contributed by atoms with Crippen LogP contribution in [0.1, 0.15) is 36.0 Å². The highest BCUT2D eigenvalue weighted by atomic mass is 16.5. The molecule has 0 spiro atoms. The first kappa shape index (κ1) is 14.3. The van der Waals surface area contributed by atoms with Crippen molar-refractivity contribution in [2.24, 2.45) is 11.5 Å². The molecule has 0 radical (unpaired) electrons. The van der Waals surface area contributed by atoms with Crippen LogP contribution in [0.15, 0.2) is 18.2 Å². The molecule has 0 atom stereocenters. The number of hydrogen-bond acceptors (Lipinski definition) is 4. The average Bonchev–Trinajstić information content (AvgIpc) is 2.87. The number of benzene rings is 1. The maximum Gasteiger partial charge on any atom is 0.248 e. The number of carbonyl (C=O) groups is 2. The van der Waals surface area contributed by atoms with E-state index in [9.17, 15) is 9.59 Å². The number of amides is 2. The molecule has 1 fully saturated rings. The molecule has 6 nitrogen and oxygen atoms in total. The normalized spacial score (nSPS) is 16.7. The number of primary amides is 1. The van der Waals surface area contributed by atoms with Gasteiger partial charge in [0.15, 0.2) is 0 Å². The van der Waals surface area contributed by atoms with Crippen LogP contribution in [-0.2, 0) is 4.79 Å². The Labute approximate surface area is 117 Å². The predicted octanol–water partition coefficient (Wildman–Crippen LogP) is 1.00. The van der Waals surface area contributed by atoms with Gasteiger partial charge in [-0.05, 0) is 31.0 Å². The summed E-state index contributed by atoms with van der Waals surface area (Å²) in [6, 6.07) is 4.63. The lowest BCUT2D eigenvalue weighted by molar-refractivity contribution is -0.121. The number of ether oxygens (including phenoxy) is 1. The molecule has 5 N–H and O–H groups in total. The molecule has 0 aromatic heterocycles. The van der Waals surface area contributed by atoms with Crippen molar-refractivity contribution in [3.8, 4) is 5.75 Å². The first-order valence-electron chi connectivity index (χ1n) is 6.54. The molecule has 0 saturated heterocycles. The van der Waals surface area contributed by atoms with E-state index in [0.29, 0.717) is 29.8 Å². The summed E-state index contributed by atoms with van der Waals surface area (Å²) in [5, 5.41) is 2.74. The molecule has 2 rings (SSSR count). The minimum absolute atomic E-state index is 0.255. The van der Waals surface area contributed by atoms with Crippen LogP contribution in [0.25, 0.3) is 0 Å². The lowest BCUT2D eigenvalue weighted by Crippen LogP contribution is -2.48. The third-order valence-electron chi connectivity index (χ3n) is 3.68. The van der Waals surface area contributed by atoms with E-state index in [2.05, 4.69) is 5.32 Å². The van der Waals surface area contributed by atoms with Crippen molar-refractivity contribution in [2.75, 3.05) is 12.4 Å². The number of nitrogens with two attached hydrogens (primary N) is 2. The number of hydrogen-bond donors (Lipinski definition) is 3. The van der Waals surface area contributed by atoms with Crippen molar-refractivity contribution in [2.45, 2.75) is 31.2 Å². The Morgan fingerprint density at radius 1 is 1.30 bits per heavy atom. The summed E-state index contributed by atoms with van der Waals surface area (Å²) in [5.74, 6) is -0.355. The third-order valence-corrected chi connectivity index (χ3v) is 3.68. The van der Waals surface area contributed by atoms with Gasteiger partial charge in [-0.25, -0.2) is 0 Å². The van der Waals surface area contributed by atoms with Gasteiger partial charge in [-0.15, -0.1) is 0 Å². The molecule has 20 heavy (non-hydrogen) atoms. The van der Waals surface area contributed by atoms with Crippen LogP contribution >= 0.6 is 0 Å². The fourth-order valence-electron chi connectivity index (χ4n) is 2.44. The Kier molecular flexibility index (Phi) is 3.94. The van der Waals surface area contributed by atoms with Gasteiger partial charge in [-0.1, -0.05) is 12.8 Å². The standard InChI is InChI=1S/C14H19N3O3/c1-20-11-5-4-9(12(15)18)8-10(11)17-13(19)14(16)6-2-3-7-14/h4-5,8H,2-3,6-7,16H2,1H3,(H2,15,18)(H,17,19). The van der Waals surface area contributed by atoms with E-state index in [1.807, 2.05) is 0 Å².